The topological polar surface area (TPSA) is 58.0 Å². The molecule has 4 nitrogen and oxygen atoms in total. The molecule has 0 bridgehead atoms. The van der Waals surface area contributed by atoms with E-state index >= 15 is 0 Å². The molecule has 1 unspecified atom stereocenters. The second-order valence-electron chi connectivity index (χ2n) is 4.84. The summed E-state index contributed by atoms with van der Waals surface area (Å²) in [5, 5.41) is 13.0. The Bertz CT molecular complexity index is 791. The first-order valence-electron chi connectivity index (χ1n) is 6.59. The van der Waals surface area contributed by atoms with Crippen molar-refractivity contribution in [3.05, 3.63) is 58.8 Å². The molecule has 0 amide bonds. The summed E-state index contributed by atoms with van der Waals surface area (Å²) in [5.41, 5.74) is 3.59. The van der Waals surface area contributed by atoms with Crippen molar-refractivity contribution in [3.8, 4) is 5.75 Å². The van der Waals surface area contributed by atoms with Gasteiger partial charge >= 0.3 is 0 Å². The van der Waals surface area contributed by atoms with Crippen LogP contribution in [0.5, 0.6) is 5.75 Å². The zero-order valence-corrected chi connectivity index (χ0v) is 13.0. The van der Waals surface area contributed by atoms with Crippen LogP contribution in [0.15, 0.2) is 53.3 Å². The Morgan fingerprint density at radius 3 is 2.86 bits per heavy atom. The Kier molecular flexibility index (Phi) is 3.75. The highest BCUT2D eigenvalue weighted by Crippen LogP contribution is 2.27. The number of fused-ring (bicyclic) bond motifs is 1. The van der Waals surface area contributed by atoms with Crippen molar-refractivity contribution in [3.63, 3.8) is 0 Å². The third-order valence-corrected chi connectivity index (χ3v) is 3.72. The van der Waals surface area contributed by atoms with E-state index in [-0.39, 0.29) is 11.8 Å². The number of phenols is 1. The van der Waals surface area contributed by atoms with Crippen LogP contribution in [0.4, 0.5) is 5.69 Å². The number of hydrogen-bond donors (Lipinski definition) is 2. The molecule has 1 aromatic carbocycles. The summed E-state index contributed by atoms with van der Waals surface area (Å²) < 4.78 is 0.903. The van der Waals surface area contributed by atoms with E-state index in [1.165, 1.54) is 0 Å². The number of halogens is 1. The monoisotopic (exact) mass is 343 g/mol. The number of phenolic OH excluding ortho intramolecular Hbond substituents is 1. The van der Waals surface area contributed by atoms with Crippen molar-refractivity contribution in [2.24, 2.45) is 0 Å². The SMILES string of the molecule is CC(Nc1ccnc2cc(Br)cnc12)c1cccc(O)c1. The maximum atomic E-state index is 9.57. The fourth-order valence-electron chi connectivity index (χ4n) is 2.23. The highest BCUT2D eigenvalue weighted by Gasteiger charge is 2.09. The van der Waals surface area contributed by atoms with E-state index in [4.69, 9.17) is 0 Å². The number of rotatable bonds is 3. The van der Waals surface area contributed by atoms with Crippen molar-refractivity contribution in [1.29, 1.82) is 0 Å². The predicted octanol–water partition coefficient (Wildman–Crippen LogP) is 4.27. The summed E-state index contributed by atoms with van der Waals surface area (Å²) in [6.07, 6.45) is 3.52. The smallest absolute Gasteiger partial charge is 0.115 e. The second kappa shape index (κ2) is 5.69. The van der Waals surface area contributed by atoms with E-state index < -0.39 is 0 Å². The summed E-state index contributed by atoms with van der Waals surface area (Å²) in [4.78, 5) is 8.75. The maximum Gasteiger partial charge on any atom is 0.115 e. The minimum Gasteiger partial charge on any atom is -0.508 e. The lowest BCUT2D eigenvalue weighted by atomic mass is 10.1. The lowest BCUT2D eigenvalue weighted by Gasteiger charge is -2.17. The molecule has 3 aromatic rings. The van der Waals surface area contributed by atoms with Gasteiger partial charge in [0, 0.05) is 22.9 Å². The number of hydrogen-bond acceptors (Lipinski definition) is 4. The van der Waals surface area contributed by atoms with E-state index in [1.54, 1.807) is 24.5 Å². The molecule has 2 N–H and O–H groups in total. The van der Waals surface area contributed by atoms with Crippen LogP contribution in [-0.4, -0.2) is 15.1 Å². The van der Waals surface area contributed by atoms with Crippen LogP contribution in [-0.2, 0) is 0 Å². The van der Waals surface area contributed by atoms with Crippen molar-refractivity contribution >= 4 is 32.7 Å². The first kappa shape index (κ1) is 13.8. The molecule has 0 aliphatic heterocycles. The third kappa shape index (κ3) is 2.97. The highest BCUT2D eigenvalue weighted by molar-refractivity contribution is 9.10. The number of nitrogens with one attached hydrogen (secondary N) is 1. The van der Waals surface area contributed by atoms with Gasteiger partial charge in [0.1, 0.15) is 11.3 Å². The van der Waals surface area contributed by atoms with Gasteiger partial charge in [-0.15, -0.1) is 0 Å². The van der Waals surface area contributed by atoms with Gasteiger partial charge in [-0.25, -0.2) is 0 Å². The maximum absolute atomic E-state index is 9.57. The van der Waals surface area contributed by atoms with E-state index in [0.29, 0.717) is 0 Å². The second-order valence-corrected chi connectivity index (χ2v) is 5.76. The zero-order chi connectivity index (χ0) is 14.8. The van der Waals surface area contributed by atoms with E-state index in [9.17, 15) is 5.11 Å². The number of nitrogens with zero attached hydrogens (tertiary/aromatic N) is 2. The average Bonchev–Trinajstić information content (AvgIpc) is 2.47. The van der Waals surface area contributed by atoms with Crippen LogP contribution in [0.1, 0.15) is 18.5 Å². The molecule has 106 valence electrons. The van der Waals surface area contributed by atoms with Gasteiger partial charge in [-0.2, -0.15) is 0 Å². The van der Waals surface area contributed by atoms with Crippen LogP contribution in [0.2, 0.25) is 0 Å². The number of aromatic hydroxyl groups is 1. The molecule has 0 saturated carbocycles. The van der Waals surface area contributed by atoms with E-state index in [0.717, 1.165) is 26.8 Å². The molecule has 0 aliphatic carbocycles. The molecule has 0 fully saturated rings. The van der Waals surface area contributed by atoms with Crippen LogP contribution in [0, 0.1) is 0 Å². The first-order valence-corrected chi connectivity index (χ1v) is 7.38. The molecule has 21 heavy (non-hydrogen) atoms. The molecular formula is C16H14BrN3O. The van der Waals surface area contributed by atoms with Crippen LogP contribution in [0.3, 0.4) is 0 Å². The minimum atomic E-state index is 0.0492. The molecule has 0 spiro atoms. The molecule has 1 atom stereocenters. The summed E-state index contributed by atoms with van der Waals surface area (Å²) in [6.45, 7) is 2.04. The fraction of sp³-hybridized carbons (Fsp3) is 0.125. The molecule has 0 saturated heterocycles. The summed E-state index contributed by atoms with van der Waals surface area (Å²) in [7, 11) is 0. The van der Waals surface area contributed by atoms with Gasteiger partial charge in [-0.3, -0.25) is 9.97 Å². The Morgan fingerprint density at radius 1 is 1.19 bits per heavy atom. The van der Waals surface area contributed by atoms with Gasteiger partial charge in [0.2, 0.25) is 0 Å². The van der Waals surface area contributed by atoms with E-state index in [2.05, 4.69) is 31.2 Å². The number of aromatic nitrogens is 2. The third-order valence-electron chi connectivity index (χ3n) is 3.29. The molecule has 5 heteroatoms. The summed E-state index contributed by atoms with van der Waals surface area (Å²) in [6, 6.07) is 11.1. The predicted molar refractivity (Wildman–Crippen MR) is 87.4 cm³/mol. The Hall–Kier alpha value is -2.14. The quantitative estimate of drug-likeness (QED) is 0.745. The largest absolute Gasteiger partial charge is 0.508 e. The standard InChI is InChI=1S/C16H14BrN3O/c1-10(11-3-2-4-13(21)7-11)20-14-5-6-18-15-8-12(17)9-19-16(14)15/h2-10,21H,1H3,(H,18,20). The lowest BCUT2D eigenvalue weighted by molar-refractivity contribution is 0.474. The fourth-order valence-corrected chi connectivity index (χ4v) is 2.55. The molecule has 2 heterocycles. The number of pyridine rings is 2. The Balaban J connectivity index is 1.94. The van der Waals surface area contributed by atoms with Crippen molar-refractivity contribution in [1.82, 2.24) is 9.97 Å². The molecule has 2 aromatic heterocycles. The molecule has 0 radical (unpaired) electrons. The summed E-state index contributed by atoms with van der Waals surface area (Å²) >= 11 is 3.40. The normalized spacial score (nSPS) is 12.3. The average molecular weight is 344 g/mol. The molecular weight excluding hydrogens is 330 g/mol. The summed E-state index contributed by atoms with van der Waals surface area (Å²) in [5.74, 6) is 0.266. The van der Waals surface area contributed by atoms with Gasteiger partial charge in [0.25, 0.3) is 0 Å². The van der Waals surface area contributed by atoms with Crippen LogP contribution < -0.4 is 5.32 Å². The van der Waals surface area contributed by atoms with Crippen molar-refractivity contribution in [2.45, 2.75) is 13.0 Å². The van der Waals surface area contributed by atoms with E-state index in [1.807, 2.05) is 31.2 Å². The Morgan fingerprint density at radius 2 is 2.05 bits per heavy atom. The van der Waals surface area contributed by atoms with Crippen LogP contribution >= 0.6 is 15.9 Å². The van der Waals surface area contributed by atoms with Crippen molar-refractivity contribution < 1.29 is 5.11 Å². The number of benzene rings is 1. The van der Waals surface area contributed by atoms with Gasteiger partial charge in [0.15, 0.2) is 0 Å². The van der Waals surface area contributed by atoms with Gasteiger partial charge in [0.05, 0.1) is 11.2 Å². The van der Waals surface area contributed by atoms with Crippen molar-refractivity contribution in [2.75, 3.05) is 5.32 Å². The molecule has 0 aliphatic rings. The van der Waals surface area contributed by atoms with Gasteiger partial charge in [-0.1, -0.05) is 12.1 Å². The highest BCUT2D eigenvalue weighted by atomic mass is 79.9. The first-order chi connectivity index (χ1) is 10.1. The Labute approximate surface area is 131 Å². The zero-order valence-electron chi connectivity index (χ0n) is 11.4. The van der Waals surface area contributed by atoms with Crippen LogP contribution in [0.25, 0.3) is 11.0 Å². The number of anilines is 1. The lowest BCUT2D eigenvalue weighted by Crippen LogP contribution is -2.07. The minimum absolute atomic E-state index is 0.0492. The van der Waals surface area contributed by atoms with Gasteiger partial charge < -0.3 is 10.4 Å². The molecule has 3 rings (SSSR count). The van der Waals surface area contributed by atoms with Gasteiger partial charge in [-0.05, 0) is 52.7 Å².